The molecule has 0 aromatic rings. The van der Waals surface area contributed by atoms with Gasteiger partial charge in [-0.2, -0.15) is 11.8 Å². The van der Waals surface area contributed by atoms with Gasteiger partial charge in [-0.3, -0.25) is 9.59 Å². The van der Waals surface area contributed by atoms with Crippen molar-refractivity contribution in [3.05, 3.63) is 0 Å². The van der Waals surface area contributed by atoms with Crippen LogP contribution in [0.15, 0.2) is 0 Å². The fraction of sp³-hybridized carbons (Fsp3) is 0.667. The molecule has 4 nitrogen and oxygen atoms in total. The number of aliphatic carboxylic acids is 1. The van der Waals surface area contributed by atoms with Crippen molar-refractivity contribution >= 4 is 23.6 Å². The molecule has 0 rings (SSSR count). The minimum atomic E-state index is -0.951. The topological polar surface area (TPSA) is 66.4 Å². The number of hydrogen-bond donors (Lipinski definition) is 2. The van der Waals surface area contributed by atoms with Crippen molar-refractivity contribution in [3.63, 3.8) is 0 Å². The van der Waals surface area contributed by atoms with E-state index in [4.69, 9.17) is 5.11 Å². The summed E-state index contributed by atoms with van der Waals surface area (Å²) < 4.78 is 0. The SMILES string of the molecule is CNC(=O)[C@H](CC(=O)O)SC. The highest BCUT2D eigenvalue weighted by Crippen LogP contribution is 2.10. The maximum Gasteiger partial charge on any atom is 0.305 e. The van der Waals surface area contributed by atoms with Crippen LogP contribution < -0.4 is 5.32 Å². The van der Waals surface area contributed by atoms with Crippen LogP contribution in [0.2, 0.25) is 0 Å². The molecule has 64 valence electrons. The van der Waals surface area contributed by atoms with E-state index in [1.54, 1.807) is 6.26 Å². The first-order valence-electron chi connectivity index (χ1n) is 3.08. The molecule has 0 aliphatic heterocycles. The Bertz CT molecular complexity index is 160. The van der Waals surface area contributed by atoms with Crippen molar-refractivity contribution in [1.82, 2.24) is 5.32 Å². The summed E-state index contributed by atoms with van der Waals surface area (Å²) in [5.74, 6) is -1.19. The number of carboxylic acids is 1. The number of carbonyl (C=O) groups is 2. The molecule has 0 aromatic heterocycles. The first kappa shape index (κ1) is 10.3. The fourth-order valence-electron chi connectivity index (χ4n) is 0.603. The summed E-state index contributed by atoms with van der Waals surface area (Å²) in [4.78, 5) is 21.1. The van der Waals surface area contributed by atoms with Gasteiger partial charge in [-0.1, -0.05) is 0 Å². The van der Waals surface area contributed by atoms with Gasteiger partial charge in [0.1, 0.15) is 0 Å². The minimum absolute atomic E-state index is 0.124. The molecule has 0 unspecified atom stereocenters. The van der Waals surface area contributed by atoms with Gasteiger partial charge < -0.3 is 10.4 Å². The zero-order chi connectivity index (χ0) is 8.85. The lowest BCUT2D eigenvalue weighted by molar-refractivity contribution is -0.138. The van der Waals surface area contributed by atoms with Crippen LogP contribution in [0.5, 0.6) is 0 Å². The van der Waals surface area contributed by atoms with Crippen LogP contribution in [-0.4, -0.2) is 35.5 Å². The van der Waals surface area contributed by atoms with E-state index in [9.17, 15) is 9.59 Å². The fourth-order valence-corrected chi connectivity index (χ4v) is 1.24. The van der Waals surface area contributed by atoms with Crippen LogP contribution in [0, 0.1) is 0 Å². The highest BCUT2D eigenvalue weighted by atomic mass is 32.2. The van der Waals surface area contributed by atoms with Crippen LogP contribution in [-0.2, 0) is 9.59 Å². The quantitative estimate of drug-likeness (QED) is 0.631. The Morgan fingerprint density at radius 3 is 2.45 bits per heavy atom. The Labute approximate surface area is 69.4 Å². The lowest BCUT2D eigenvalue weighted by Crippen LogP contribution is -2.31. The Hall–Kier alpha value is -0.710. The van der Waals surface area contributed by atoms with Crippen LogP contribution in [0.4, 0.5) is 0 Å². The zero-order valence-corrected chi connectivity index (χ0v) is 7.27. The third kappa shape index (κ3) is 3.87. The summed E-state index contributed by atoms with van der Waals surface area (Å²) >= 11 is 1.24. The van der Waals surface area contributed by atoms with Gasteiger partial charge in [0.2, 0.25) is 5.91 Å². The van der Waals surface area contributed by atoms with Crippen molar-refractivity contribution < 1.29 is 14.7 Å². The monoisotopic (exact) mass is 177 g/mol. The summed E-state index contributed by atoms with van der Waals surface area (Å²) in [6.07, 6.45) is 1.59. The molecule has 0 bridgehead atoms. The number of hydrogen-bond acceptors (Lipinski definition) is 3. The summed E-state index contributed by atoms with van der Waals surface area (Å²) in [7, 11) is 1.49. The van der Waals surface area contributed by atoms with Crippen molar-refractivity contribution in [3.8, 4) is 0 Å². The van der Waals surface area contributed by atoms with Crippen molar-refractivity contribution in [1.29, 1.82) is 0 Å². The van der Waals surface area contributed by atoms with E-state index in [1.165, 1.54) is 18.8 Å². The molecule has 0 fully saturated rings. The molecule has 5 heteroatoms. The Kier molecular flexibility index (Phi) is 4.69. The zero-order valence-electron chi connectivity index (χ0n) is 6.46. The molecule has 0 aliphatic carbocycles. The van der Waals surface area contributed by atoms with Gasteiger partial charge in [0.05, 0.1) is 11.7 Å². The second-order valence-corrected chi connectivity index (χ2v) is 2.98. The molecule has 0 spiro atoms. The average Bonchev–Trinajstić information content (AvgIpc) is 1.98. The van der Waals surface area contributed by atoms with Crippen LogP contribution in [0.1, 0.15) is 6.42 Å². The lowest BCUT2D eigenvalue weighted by Gasteiger charge is -2.08. The molecule has 0 radical (unpaired) electrons. The van der Waals surface area contributed by atoms with E-state index < -0.39 is 11.2 Å². The molecule has 0 aromatic carbocycles. The molecular formula is C6H11NO3S. The van der Waals surface area contributed by atoms with Crippen molar-refractivity contribution in [2.45, 2.75) is 11.7 Å². The van der Waals surface area contributed by atoms with Crippen LogP contribution in [0.3, 0.4) is 0 Å². The van der Waals surface area contributed by atoms with Gasteiger partial charge in [-0.15, -0.1) is 0 Å². The molecule has 2 N–H and O–H groups in total. The maximum atomic E-state index is 10.9. The third-order valence-electron chi connectivity index (χ3n) is 1.18. The third-order valence-corrected chi connectivity index (χ3v) is 2.13. The number of rotatable bonds is 4. The van der Waals surface area contributed by atoms with Gasteiger partial charge in [0.25, 0.3) is 0 Å². The molecule has 1 atom stereocenters. The highest BCUT2D eigenvalue weighted by molar-refractivity contribution is 7.99. The van der Waals surface area contributed by atoms with E-state index in [0.717, 1.165) is 0 Å². The largest absolute Gasteiger partial charge is 0.481 e. The minimum Gasteiger partial charge on any atom is -0.481 e. The first-order valence-corrected chi connectivity index (χ1v) is 4.36. The number of amides is 1. The molecule has 1 amide bonds. The standard InChI is InChI=1S/C6H11NO3S/c1-7-6(10)4(11-2)3-5(8)9/h4H,3H2,1-2H3,(H,7,10)(H,8,9)/t4-/m0/s1. The molecule has 11 heavy (non-hydrogen) atoms. The first-order chi connectivity index (χ1) is 5.11. The predicted molar refractivity (Wildman–Crippen MR) is 43.6 cm³/mol. The van der Waals surface area contributed by atoms with Gasteiger partial charge in [0.15, 0.2) is 0 Å². The Morgan fingerprint density at radius 1 is 1.64 bits per heavy atom. The highest BCUT2D eigenvalue weighted by Gasteiger charge is 2.18. The van der Waals surface area contributed by atoms with E-state index in [-0.39, 0.29) is 12.3 Å². The van der Waals surface area contributed by atoms with Crippen LogP contribution in [0.25, 0.3) is 0 Å². The average molecular weight is 177 g/mol. The lowest BCUT2D eigenvalue weighted by atomic mass is 10.3. The smallest absolute Gasteiger partial charge is 0.305 e. The van der Waals surface area contributed by atoms with Gasteiger partial charge >= 0.3 is 5.97 Å². The van der Waals surface area contributed by atoms with E-state index in [1.807, 2.05) is 0 Å². The molecule has 0 heterocycles. The van der Waals surface area contributed by atoms with Gasteiger partial charge in [-0.25, -0.2) is 0 Å². The summed E-state index contributed by atoms with van der Waals surface area (Å²) in [5.41, 5.74) is 0. The van der Waals surface area contributed by atoms with Crippen LogP contribution >= 0.6 is 11.8 Å². The second kappa shape index (κ2) is 5.01. The normalized spacial score (nSPS) is 12.2. The molecular weight excluding hydrogens is 166 g/mol. The predicted octanol–water partition coefficient (Wildman–Crippen LogP) is -0.0613. The number of nitrogens with one attached hydrogen (secondary N) is 1. The summed E-state index contributed by atoms with van der Waals surface area (Å²) in [6, 6.07) is 0. The maximum absolute atomic E-state index is 10.9. The number of carboxylic acid groups (broad SMARTS) is 1. The van der Waals surface area contributed by atoms with Crippen molar-refractivity contribution in [2.24, 2.45) is 0 Å². The Balaban J connectivity index is 3.94. The van der Waals surface area contributed by atoms with E-state index >= 15 is 0 Å². The van der Waals surface area contributed by atoms with Gasteiger partial charge in [-0.05, 0) is 6.26 Å². The van der Waals surface area contributed by atoms with Crippen molar-refractivity contribution in [2.75, 3.05) is 13.3 Å². The van der Waals surface area contributed by atoms with E-state index in [2.05, 4.69) is 5.32 Å². The molecule has 0 saturated carbocycles. The van der Waals surface area contributed by atoms with E-state index in [0.29, 0.717) is 0 Å². The molecule has 0 aliphatic rings. The second-order valence-electron chi connectivity index (χ2n) is 1.94. The summed E-state index contributed by atoms with van der Waals surface area (Å²) in [5, 5.41) is 10.3. The molecule has 0 saturated heterocycles. The summed E-state index contributed by atoms with van der Waals surface area (Å²) in [6.45, 7) is 0. The Morgan fingerprint density at radius 2 is 2.18 bits per heavy atom. The van der Waals surface area contributed by atoms with Gasteiger partial charge in [0, 0.05) is 7.05 Å². The number of carbonyl (C=O) groups excluding carboxylic acids is 1. The number of thioether (sulfide) groups is 1.